The molecule has 10 aromatic rings. The summed E-state index contributed by atoms with van der Waals surface area (Å²) >= 11 is 0. The molecular weight excluding hydrogens is 575 g/mol. The van der Waals surface area contributed by atoms with Gasteiger partial charge < -0.3 is 4.57 Å². The van der Waals surface area contributed by atoms with Crippen LogP contribution in [0.2, 0.25) is 0 Å². The third-order valence-corrected chi connectivity index (χ3v) is 13.2. The fourth-order valence-electron chi connectivity index (χ4n) is 7.99. The molecular formula is C44H27OP. The van der Waals surface area contributed by atoms with Crippen LogP contribution in [0.3, 0.4) is 0 Å². The van der Waals surface area contributed by atoms with E-state index in [0.717, 1.165) is 43.2 Å². The summed E-state index contributed by atoms with van der Waals surface area (Å²) in [6.45, 7) is 0. The minimum absolute atomic E-state index is 0.845. The van der Waals surface area contributed by atoms with Crippen LogP contribution in [0.15, 0.2) is 164 Å². The van der Waals surface area contributed by atoms with Gasteiger partial charge in [-0.1, -0.05) is 152 Å². The molecule has 1 unspecified atom stereocenters. The Morgan fingerprint density at radius 3 is 1.48 bits per heavy atom. The quantitative estimate of drug-likeness (QED) is 0.145. The molecule has 0 heterocycles. The monoisotopic (exact) mass is 602 g/mol. The van der Waals surface area contributed by atoms with Crippen molar-refractivity contribution in [3.05, 3.63) is 164 Å². The first-order valence-electron chi connectivity index (χ1n) is 15.8. The van der Waals surface area contributed by atoms with E-state index in [4.69, 9.17) is 0 Å². The molecule has 0 amide bonds. The molecule has 0 spiro atoms. The van der Waals surface area contributed by atoms with Crippen molar-refractivity contribution in [3.8, 4) is 11.1 Å². The maximum atomic E-state index is 16.9. The highest BCUT2D eigenvalue weighted by Crippen LogP contribution is 2.52. The summed E-state index contributed by atoms with van der Waals surface area (Å²) in [6, 6.07) is 57.9. The fourth-order valence-corrected chi connectivity index (χ4v) is 11.2. The largest absolute Gasteiger partial charge is 0.309 e. The smallest absolute Gasteiger partial charge is 0.172 e. The van der Waals surface area contributed by atoms with Crippen LogP contribution in [0.5, 0.6) is 0 Å². The van der Waals surface area contributed by atoms with E-state index in [2.05, 4.69) is 140 Å². The van der Waals surface area contributed by atoms with E-state index in [1.54, 1.807) is 0 Å². The Balaban J connectivity index is 1.44. The number of hydrogen-bond acceptors (Lipinski definition) is 1. The first-order valence-corrected chi connectivity index (χ1v) is 17.5. The molecule has 2 heteroatoms. The van der Waals surface area contributed by atoms with Gasteiger partial charge in [0.15, 0.2) is 7.14 Å². The second-order valence-electron chi connectivity index (χ2n) is 12.4. The molecule has 1 atom stereocenters. The van der Waals surface area contributed by atoms with Crippen LogP contribution in [0.25, 0.3) is 75.8 Å². The van der Waals surface area contributed by atoms with Crippen molar-refractivity contribution < 1.29 is 4.57 Å². The molecule has 0 aliphatic rings. The van der Waals surface area contributed by atoms with Gasteiger partial charge in [-0.05, 0) is 87.9 Å². The van der Waals surface area contributed by atoms with Crippen molar-refractivity contribution >= 4 is 87.7 Å². The van der Waals surface area contributed by atoms with Crippen molar-refractivity contribution in [1.29, 1.82) is 0 Å². The van der Waals surface area contributed by atoms with Crippen molar-refractivity contribution in [2.24, 2.45) is 0 Å². The third kappa shape index (κ3) is 3.44. The molecule has 10 aromatic carbocycles. The summed E-state index contributed by atoms with van der Waals surface area (Å²) < 4.78 is 16.9. The Labute approximate surface area is 266 Å². The molecule has 1 nitrogen and oxygen atoms in total. The van der Waals surface area contributed by atoms with E-state index >= 15 is 4.57 Å². The number of hydrogen-bond donors (Lipinski definition) is 0. The van der Waals surface area contributed by atoms with Gasteiger partial charge in [0, 0.05) is 15.9 Å². The third-order valence-electron chi connectivity index (χ3n) is 9.98. The molecule has 10 rings (SSSR count). The minimum atomic E-state index is -3.50. The Hall–Kier alpha value is -5.49. The normalized spacial score (nSPS) is 13.5. The highest BCUT2D eigenvalue weighted by atomic mass is 31.2. The Kier molecular flexibility index (Phi) is 5.33. The Morgan fingerprint density at radius 1 is 0.370 bits per heavy atom. The van der Waals surface area contributed by atoms with Crippen molar-refractivity contribution in [2.45, 2.75) is 0 Å². The maximum Gasteiger partial charge on any atom is 0.172 e. The van der Waals surface area contributed by atoms with Gasteiger partial charge >= 0.3 is 0 Å². The van der Waals surface area contributed by atoms with Crippen LogP contribution in [0.1, 0.15) is 0 Å². The zero-order chi connectivity index (χ0) is 30.4. The van der Waals surface area contributed by atoms with Gasteiger partial charge in [-0.2, -0.15) is 0 Å². The molecule has 0 N–H and O–H groups in total. The van der Waals surface area contributed by atoms with E-state index < -0.39 is 7.14 Å². The van der Waals surface area contributed by atoms with Crippen LogP contribution in [0.4, 0.5) is 0 Å². The van der Waals surface area contributed by atoms with E-state index in [1.807, 2.05) is 24.3 Å². The average molecular weight is 603 g/mol. The highest BCUT2D eigenvalue weighted by molar-refractivity contribution is 7.86. The van der Waals surface area contributed by atoms with E-state index in [1.165, 1.54) is 48.5 Å². The second kappa shape index (κ2) is 9.51. The van der Waals surface area contributed by atoms with Crippen LogP contribution < -0.4 is 15.9 Å². The topological polar surface area (TPSA) is 17.1 Å². The summed E-state index contributed by atoms with van der Waals surface area (Å²) in [5, 5.41) is 16.7. The number of rotatable bonds is 4. The lowest BCUT2D eigenvalue weighted by molar-refractivity contribution is 0.593. The van der Waals surface area contributed by atoms with Gasteiger partial charge in [0.1, 0.15) is 0 Å². The minimum Gasteiger partial charge on any atom is -0.309 e. The van der Waals surface area contributed by atoms with E-state index in [9.17, 15) is 0 Å². The molecule has 0 aliphatic carbocycles. The van der Waals surface area contributed by atoms with E-state index in [0.29, 0.717) is 0 Å². The Morgan fingerprint density at radius 2 is 0.848 bits per heavy atom. The van der Waals surface area contributed by atoms with Crippen molar-refractivity contribution in [3.63, 3.8) is 0 Å². The van der Waals surface area contributed by atoms with E-state index in [-0.39, 0.29) is 0 Å². The standard InChI is InChI=1S/C44H27OP/c45-46(35-15-5-2-6-16-35,39-26-23-33-18-17-29-11-7-13-31-21-24-36(39)42(33)40(29)31)44-37-25-22-32-14-8-12-30-19-20-34(43(37)41(30)32)27-38(44)28-9-3-1-4-10-28/h1-27H. The zero-order valence-corrected chi connectivity index (χ0v) is 25.8. The highest BCUT2D eigenvalue weighted by Gasteiger charge is 2.36. The second-order valence-corrected chi connectivity index (χ2v) is 15.0. The van der Waals surface area contributed by atoms with Gasteiger partial charge in [0.05, 0.1) is 0 Å². The summed E-state index contributed by atoms with van der Waals surface area (Å²) in [6.07, 6.45) is 0. The number of benzene rings is 10. The summed E-state index contributed by atoms with van der Waals surface area (Å²) in [5.74, 6) is 0. The molecule has 0 aliphatic heterocycles. The summed E-state index contributed by atoms with van der Waals surface area (Å²) in [5.41, 5.74) is 2.08. The SMILES string of the molecule is O=P(c1ccccc1)(c1ccc2ccc3cccc4ccc1c2c34)c1c(-c2ccccc2)cc2ccc3cccc4ccc1c2c34. The maximum absolute atomic E-state index is 16.9. The van der Waals surface area contributed by atoms with Gasteiger partial charge in [0.2, 0.25) is 0 Å². The molecule has 0 saturated carbocycles. The molecule has 0 fully saturated rings. The lowest BCUT2D eigenvalue weighted by Gasteiger charge is -2.28. The van der Waals surface area contributed by atoms with Gasteiger partial charge in [-0.15, -0.1) is 0 Å². The molecule has 0 saturated heterocycles. The molecule has 0 radical (unpaired) electrons. The van der Waals surface area contributed by atoms with Crippen molar-refractivity contribution in [1.82, 2.24) is 0 Å². The molecule has 214 valence electrons. The van der Waals surface area contributed by atoms with Crippen molar-refractivity contribution in [2.75, 3.05) is 0 Å². The first kappa shape index (κ1) is 25.8. The predicted octanol–water partition coefficient (Wildman–Crippen LogP) is 10.8. The zero-order valence-electron chi connectivity index (χ0n) is 24.9. The van der Waals surface area contributed by atoms with Crippen LogP contribution in [-0.2, 0) is 4.57 Å². The summed E-state index contributed by atoms with van der Waals surface area (Å²) in [7, 11) is -3.50. The lowest BCUT2D eigenvalue weighted by atomic mass is 9.91. The molecule has 0 aromatic heterocycles. The average Bonchev–Trinajstić information content (AvgIpc) is 3.13. The molecule has 0 bridgehead atoms. The van der Waals surface area contributed by atoms with Gasteiger partial charge in [-0.3, -0.25) is 0 Å². The van der Waals surface area contributed by atoms with Crippen LogP contribution in [-0.4, -0.2) is 0 Å². The Bertz CT molecular complexity index is 2790. The first-order chi connectivity index (χ1) is 22.7. The fraction of sp³-hybridized carbons (Fsp3) is 0. The van der Waals surface area contributed by atoms with Gasteiger partial charge in [0.25, 0.3) is 0 Å². The van der Waals surface area contributed by atoms with Crippen LogP contribution in [0, 0.1) is 0 Å². The summed E-state index contributed by atoms with van der Waals surface area (Å²) in [4.78, 5) is 0. The predicted molar refractivity (Wildman–Crippen MR) is 199 cm³/mol. The van der Waals surface area contributed by atoms with Crippen LogP contribution >= 0.6 is 7.14 Å². The van der Waals surface area contributed by atoms with Gasteiger partial charge in [-0.25, -0.2) is 0 Å². The molecule has 46 heavy (non-hydrogen) atoms. The lowest BCUT2D eigenvalue weighted by Crippen LogP contribution is -2.28.